The highest BCUT2D eigenvalue weighted by atomic mass is 32.2. The van der Waals surface area contributed by atoms with Gasteiger partial charge in [-0.3, -0.25) is 4.79 Å². The number of carboxylic acid groups (broad SMARTS) is 1. The van der Waals surface area contributed by atoms with Crippen LogP contribution in [0.15, 0.2) is 23.1 Å². The van der Waals surface area contributed by atoms with Crippen molar-refractivity contribution < 1.29 is 27.9 Å². The molecule has 0 radical (unpaired) electrons. The monoisotopic (exact) mass is 302 g/mol. The number of sulfonamides is 1. The summed E-state index contributed by atoms with van der Waals surface area (Å²) in [4.78, 5) is 21.6. The average molecular weight is 302 g/mol. The van der Waals surface area contributed by atoms with Crippen molar-refractivity contribution in [2.24, 2.45) is 0 Å². The lowest BCUT2D eigenvalue weighted by Crippen LogP contribution is -2.35. The number of methoxy groups -OCH3 is 1. The number of carbonyl (C=O) groups excluding carboxylic acids is 1. The van der Waals surface area contributed by atoms with Gasteiger partial charge in [0.2, 0.25) is 15.9 Å². The first-order chi connectivity index (χ1) is 9.31. The maximum atomic E-state index is 12.0. The summed E-state index contributed by atoms with van der Waals surface area (Å²) in [5.74, 6) is -1.81. The maximum absolute atomic E-state index is 12.0. The highest BCUT2D eigenvalue weighted by Gasteiger charge is 2.22. The minimum atomic E-state index is -4.06. The number of nitrogens with one attached hydrogen (secondary N) is 2. The third-order valence-electron chi connectivity index (χ3n) is 2.40. The predicted octanol–water partition coefficient (Wildman–Crippen LogP) is -0.582. The molecular weight excluding hydrogens is 288 g/mol. The van der Waals surface area contributed by atoms with Crippen LogP contribution in [0.25, 0.3) is 0 Å². The number of likely N-dealkylation sites (N-methyl/N-ethyl adjacent to an activating group) is 1. The predicted molar refractivity (Wildman–Crippen MR) is 69.2 cm³/mol. The number of aromatic carboxylic acids is 1. The van der Waals surface area contributed by atoms with Crippen molar-refractivity contribution in [1.29, 1.82) is 0 Å². The molecule has 9 heteroatoms. The van der Waals surface area contributed by atoms with Gasteiger partial charge in [0.05, 0.1) is 19.2 Å². The van der Waals surface area contributed by atoms with Gasteiger partial charge in [0.1, 0.15) is 10.6 Å². The largest absolute Gasteiger partial charge is 0.495 e. The van der Waals surface area contributed by atoms with E-state index in [1.54, 1.807) is 0 Å². The molecule has 1 aromatic rings. The molecule has 0 fully saturated rings. The zero-order chi connectivity index (χ0) is 15.3. The first-order valence-electron chi connectivity index (χ1n) is 5.43. The Balaban J connectivity index is 3.18. The van der Waals surface area contributed by atoms with Crippen molar-refractivity contribution in [3.05, 3.63) is 23.8 Å². The first-order valence-corrected chi connectivity index (χ1v) is 6.91. The first kappa shape index (κ1) is 15.9. The lowest BCUT2D eigenvalue weighted by molar-refractivity contribution is -0.119. The molecule has 0 aliphatic carbocycles. The summed E-state index contributed by atoms with van der Waals surface area (Å²) in [5, 5.41) is 11.1. The molecule has 1 amide bonds. The van der Waals surface area contributed by atoms with Crippen molar-refractivity contribution in [3.63, 3.8) is 0 Å². The fourth-order valence-electron chi connectivity index (χ4n) is 1.35. The van der Waals surface area contributed by atoms with Gasteiger partial charge < -0.3 is 15.2 Å². The minimum absolute atomic E-state index is 0.0144. The second-order valence-corrected chi connectivity index (χ2v) is 5.40. The summed E-state index contributed by atoms with van der Waals surface area (Å²) in [6.45, 7) is -0.459. The van der Waals surface area contributed by atoms with E-state index in [0.29, 0.717) is 0 Å². The standard InChI is InChI=1S/C11H14N2O6S/c1-12-10(14)6-13-20(17,18)9-5-7(11(15)16)3-4-8(9)19-2/h3-5,13H,6H2,1-2H3,(H,12,14)(H,15,16). The van der Waals surface area contributed by atoms with E-state index in [9.17, 15) is 18.0 Å². The van der Waals surface area contributed by atoms with Gasteiger partial charge in [-0.25, -0.2) is 17.9 Å². The van der Waals surface area contributed by atoms with Crippen LogP contribution in [0, 0.1) is 0 Å². The Bertz CT molecular complexity index is 626. The van der Waals surface area contributed by atoms with E-state index in [0.717, 1.165) is 6.07 Å². The van der Waals surface area contributed by atoms with Crippen LogP contribution >= 0.6 is 0 Å². The molecule has 0 heterocycles. The molecule has 0 aliphatic heterocycles. The van der Waals surface area contributed by atoms with Gasteiger partial charge in [-0.15, -0.1) is 0 Å². The van der Waals surface area contributed by atoms with E-state index in [2.05, 4.69) is 10.0 Å². The second kappa shape index (κ2) is 6.35. The summed E-state index contributed by atoms with van der Waals surface area (Å²) >= 11 is 0. The van der Waals surface area contributed by atoms with E-state index in [4.69, 9.17) is 9.84 Å². The smallest absolute Gasteiger partial charge is 0.335 e. The average Bonchev–Trinajstić information content (AvgIpc) is 2.43. The van der Waals surface area contributed by atoms with E-state index in [1.165, 1.54) is 26.3 Å². The zero-order valence-corrected chi connectivity index (χ0v) is 11.7. The molecule has 1 rings (SSSR count). The Morgan fingerprint density at radius 2 is 2.00 bits per heavy atom. The van der Waals surface area contributed by atoms with Crippen molar-refractivity contribution >= 4 is 21.9 Å². The molecule has 1 aromatic carbocycles. The SMILES string of the molecule is CNC(=O)CNS(=O)(=O)c1cc(C(=O)O)ccc1OC. The molecule has 0 aliphatic rings. The highest BCUT2D eigenvalue weighted by Crippen LogP contribution is 2.24. The van der Waals surface area contributed by atoms with Crippen molar-refractivity contribution in [3.8, 4) is 5.75 Å². The number of hydrogen-bond acceptors (Lipinski definition) is 5. The Labute approximate surface area is 115 Å². The third-order valence-corrected chi connectivity index (χ3v) is 3.82. The minimum Gasteiger partial charge on any atom is -0.495 e. The zero-order valence-electron chi connectivity index (χ0n) is 10.8. The molecule has 20 heavy (non-hydrogen) atoms. The van der Waals surface area contributed by atoms with E-state index >= 15 is 0 Å². The van der Waals surface area contributed by atoms with Gasteiger partial charge in [0, 0.05) is 7.05 Å². The van der Waals surface area contributed by atoms with Gasteiger partial charge in [0.15, 0.2) is 0 Å². The van der Waals surface area contributed by atoms with E-state index in [-0.39, 0.29) is 16.2 Å². The van der Waals surface area contributed by atoms with Gasteiger partial charge >= 0.3 is 5.97 Å². The number of ether oxygens (including phenoxy) is 1. The Kier molecular flexibility index (Phi) is 5.06. The lowest BCUT2D eigenvalue weighted by Gasteiger charge is -2.11. The molecule has 0 bridgehead atoms. The lowest BCUT2D eigenvalue weighted by atomic mass is 10.2. The van der Waals surface area contributed by atoms with Gasteiger partial charge in [0.25, 0.3) is 0 Å². The molecule has 110 valence electrons. The summed E-state index contributed by atoms with van der Waals surface area (Å²) in [6, 6.07) is 3.42. The van der Waals surface area contributed by atoms with E-state index < -0.39 is 28.4 Å². The van der Waals surface area contributed by atoms with Crippen LogP contribution in [0.2, 0.25) is 0 Å². The summed E-state index contributed by atoms with van der Waals surface area (Å²) in [6.07, 6.45) is 0. The quantitative estimate of drug-likeness (QED) is 0.646. The fourth-order valence-corrected chi connectivity index (χ4v) is 2.52. The highest BCUT2D eigenvalue weighted by molar-refractivity contribution is 7.89. The topological polar surface area (TPSA) is 122 Å². The molecular formula is C11H14N2O6S. The third kappa shape index (κ3) is 3.68. The molecule has 8 nitrogen and oxygen atoms in total. The number of benzene rings is 1. The summed E-state index contributed by atoms with van der Waals surface area (Å²) in [7, 11) is -1.44. The fraction of sp³-hybridized carbons (Fsp3) is 0.273. The summed E-state index contributed by atoms with van der Waals surface area (Å²) < 4.78 is 31.0. The second-order valence-electron chi connectivity index (χ2n) is 3.67. The van der Waals surface area contributed by atoms with Gasteiger partial charge in [-0.1, -0.05) is 0 Å². The number of hydrogen-bond donors (Lipinski definition) is 3. The number of rotatable bonds is 6. The molecule has 0 spiro atoms. The van der Waals surface area contributed by atoms with Gasteiger partial charge in [-0.05, 0) is 18.2 Å². The molecule has 0 unspecified atom stereocenters. The maximum Gasteiger partial charge on any atom is 0.335 e. The van der Waals surface area contributed by atoms with Crippen LogP contribution in [-0.2, 0) is 14.8 Å². The Morgan fingerprint density at radius 3 is 2.50 bits per heavy atom. The Hall–Kier alpha value is -2.13. The van der Waals surface area contributed by atoms with Crippen LogP contribution in [0.3, 0.4) is 0 Å². The molecule has 0 atom stereocenters. The van der Waals surface area contributed by atoms with Crippen LogP contribution in [-0.4, -0.2) is 46.1 Å². The van der Waals surface area contributed by atoms with Crippen molar-refractivity contribution in [2.45, 2.75) is 4.90 Å². The van der Waals surface area contributed by atoms with Crippen LogP contribution in [0.5, 0.6) is 5.75 Å². The van der Waals surface area contributed by atoms with Crippen LogP contribution in [0.1, 0.15) is 10.4 Å². The van der Waals surface area contributed by atoms with Crippen molar-refractivity contribution in [1.82, 2.24) is 10.0 Å². The number of carboxylic acids is 1. The Morgan fingerprint density at radius 1 is 1.35 bits per heavy atom. The molecule has 0 saturated heterocycles. The number of carbonyl (C=O) groups is 2. The van der Waals surface area contributed by atoms with Gasteiger partial charge in [-0.2, -0.15) is 0 Å². The molecule has 0 aromatic heterocycles. The normalized spacial score (nSPS) is 10.9. The van der Waals surface area contributed by atoms with Crippen LogP contribution < -0.4 is 14.8 Å². The van der Waals surface area contributed by atoms with E-state index in [1.807, 2.05) is 0 Å². The van der Waals surface area contributed by atoms with Crippen LogP contribution in [0.4, 0.5) is 0 Å². The number of amides is 1. The molecule has 0 saturated carbocycles. The summed E-state index contributed by atoms with van der Waals surface area (Å²) in [5.41, 5.74) is -0.203. The molecule has 3 N–H and O–H groups in total. The van der Waals surface area contributed by atoms with Crippen molar-refractivity contribution in [2.75, 3.05) is 20.7 Å².